The smallest absolute Gasteiger partial charge is 0.508 e. The summed E-state index contributed by atoms with van der Waals surface area (Å²) in [5.41, 5.74) is 1.95. The molecule has 1 atom stereocenters. The van der Waals surface area contributed by atoms with Gasteiger partial charge < -0.3 is 15.2 Å². The first kappa shape index (κ1) is 19.5. The van der Waals surface area contributed by atoms with Crippen LogP contribution in [0.2, 0.25) is 0 Å². The number of fused-ring (bicyclic) bond motifs is 1. The summed E-state index contributed by atoms with van der Waals surface area (Å²) < 4.78 is 41.4. The second kappa shape index (κ2) is 7.93. The van der Waals surface area contributed by atoms with Crippen LogP contribution in [0.5, 0.6) is 11.5 Å². The molecule has 3 aromatic rings. The summed E-state index contributed by atoms with van der Waals surface area (Å²) in [5, 5.41) is 14.9. The third-order valence-corrected chi connectivity index (χ3v) is 5.11. The number of hydrogen-bond donors (Lipinski definition) is 2. The molecule has 0 unspecified atom stereocenters. The van der Waals surface area contributed by atoms with Crippen molar-refractivity contribution in [3.05, 3.63) is 71.8 Å². The van der Waals surface area contributed by atoms with Crippen molar-refractivity contribution in [2.45, 2.75) is 12.4 Å². The molecule has 0 bridgehead atoms. The Labute approximate surface area is 166 Å². The minimum Gasteiger partial charge on any atom is -0.508 e. The van der Waals surface area contributed by atoms with Crippen molar-refractivity contribution in [2.75, 3.05) is 26.2 Å². The molecule has 7 heteroatoms. The first-order valence-electron chi connectivity index (χ1n) is 9.42. The van der Waals surface area contributed by atoms with Crippen molar-refractivity contribution in [3.63, 3.8) is 0 Å². The quantitative estimate of drug-likeness (QED) is 0.677. The highest BCUT2D eigenvalue weighted by atomic mass is 19.4. The summed E-state index contributed by atoms with van der Waals surface area (Å²) in [7, 11) is 0. The topological polar surface area (TPSA) is 44.7 Å². The van der Waals surface area contributed by atoms with Gasteiger partial charge in [0.05, 0.1) is 6.04 Å². The summed E-state index contributed by atoms with van der Waals surface area (Å²) >= 11 is 0. The molecule has 0 radical (unpaired) electrons. The average molecular weight is 402 g/mol. The fraction of sp³-hybridized carbons (Fsp3) is 0.273. The van der Waals surface area contributed by atoms with Gasteiger partial charge in [-0.2, -0.15) is 0 Å². The number of benzene rings is 3. The van der Waals surface area contributed by atoms with Crippen LogP contribution in [0.25, 0.3) is 10.8 Å². The first-order chi connectivity index (χ1) is 13.9. The molecule has 29 heavy (non-hydrogen) atoms. The van der Waals surface area contributed by atoms with Crippen LogP contribution in [0.3, 0.4) is 0 Å². The van der Waals surface area contributed by atoms with Gasteiger partial charge in [-0.05, 0) is 52.2 Å². The van der Waals surface area contributed by atoms with E-state index in [1.165, 1.54) is 12.1 Å². The fourth-order valence-electron chi connectivity index (χ4n) is 3.83. The van der Waals surface area contributed by atoms with Gasteiger partial charge in [-0.1, -0.05) is 30.3 Å². The van der Waals surface area contributed by atoms with E-state index in [0.717, 1.165) is 48.1 Å². The van der Waals surface area contributed by atoms with Gasteiger partial charge in [0, 0.05) is 26.2 Å². The summed E-state index contributed by atoms with van der Waals surface area (Å²) in [4.78, 5) is 2.32. The molecule has 4 nitrogen and oxygen atoms in total. The van der Waals surface area contributed by atoms with Gasteiger partial charge in [0.15, 0.2) is 0 Å². The van der Waals surface area contributed by atoms with Gasteiger partial charge in [-0.15, -0.1) is 13.2 Å². The van der Waals surface area contributed by atoms with E-state index < -0.39 is 6.36 Å². The van der Waals surface area contributed by atoms with Crippen LogP contribution in [0.4, 0.5) is 13.2 Å². The van der Waals surface area contributed by atoms with Crippen LogP contribution in [0.1, 0.15) is 17.2 Å². The lowest BCUT2D eigenvalue weighted by Crippen LogP contribution is -2.45. The van der Waals surface area contributed by atoms with Crippen LogP contribution in [0.15, 0.2) is 60.7 Å². The predicted octanol–water partition coefficient (Wildman–Crippen LogP) is 4.44. The molecular formula is C22H21F3N2O2. The molecule has 1 saturated heterocycles. The SMILES string of the molecule is Oc1ccc2cc([C@H](c3ccc(OC(F)(F)F)cc3)N3CCNCC3)ccc2c1. The fourth-order valence-corrected chi connectivity index (χ4v) is 3.83. The Morgan fingerprint density at radius 1 is 0.862 bits per heavy atom. The number of nitrogens with zero attached hydrogens (tertiary/aromatic N) is 1. The predicted molar refractivity (Wildman–Crippen MR) is 105 cm³/mol. The van der Waals surface area contributed by atoms with E-state index in [9.17, 15) is 18.3 Å². The van der Waals surface area contributed by atoms with Crippen LogP contribution in [-0.2, 0) is 0 Å². The van der Waals surface area contributed by atoms with E-state index in [0.29, 0.717) is 0 Å². The molecule has 0 saturated carbocycles. The van der Waals surface area contributed by atoms with Crippen molar-refractivity contribution < 1.29 is 23.0 Å². The number of aromatic hydroxyl groups is 1. The van der Waals surface area contributed by atoms with Crippen molar-refractivity contribution in [1.82, 2.24) is 10.2 Å². The Hall–Kier alpha value is -2.77. The molecule has 1 aliphatic heterocycles. The number of hydrogen-bond acceptors (Lipinski definition) is 4. The van der Waals surface area contributed by atoms with E-state index in [-0.39, 0.29) is 17.5 Å². The van der Waals surface area contributed by atoms with E-state index in [2.05, 4.69) is 21.0 Å². The van der Waals surface area contributed by atoms with Gasteiger partial charge in [0.25, 0.3) is 0 Å². The number of ether oxygens (including phenoxy) is 1. The molecular weight excluding hydrogens is 381 g/mol. The number of nitrogens with one attached hydrogen (secondary N) is 1. The standard InChI is InChI=1S/C22H21F3N2O2/c23-22(24,25)29-20-7-4-15(5-8-20)21(27-11-9-26-10-12-27)18-2-1-17-14-19(28)6-3-16(17)13-18/h1-8,13-14,21,26,28H,9-12H2/t21-/m0/s1. The number of halogens is 3. The van der Waals surface area contributed by atoms with E-state index in [1.54, 1.807) is 24.3 Å². The maximum Gasteiger partial charge on any atom is 0.573 e. The van der Waals surface area contributed by atoms with Gasteiger partial charge in [0.1, 0.15) is 11.5 Å². The molecule has 0 aromatic heterocycles. The van der Waals surface area contributed by atoms with Crippen LogP contribution in [0, 0.1) is 0 Å². The third-order valence-electron chi connectivity index (χ3n) is 5.11. The monoisotopic (exact) mass is 402 g/mol. The second-order valence-electron chi connectivity index (χ2n) is 7.10. The molecule has 0 spiro atoms. The zero-order chi connectivity index (χ0) is 20.4. The summed E-state index contributed by atoms with van der Waals surface area (Å²) in [6, 6.07) is 17.3. The number of phenolic OH excluding ortho intramolecular Hbond substituents is 1. The third kappa shape index (κ3) is 4.63. The van der Waals surface area contributed by atoms with Crippen LogP contribution in [-0.4, -0.2) is 42.5 Å². The molecule has 1 heterocycles. The minimum absolute atomic E-state index is 0.0877. The minimum atomic E-state index is -4.70. The Balaban J connectivity index is 1.71. The molecule has 152 valence electrons. The van der Waals surface area contributed by atoms with Crippen LogP contribution < -0.4 is 10.1 Å². The number of alkyl halides is 3. The Bertz CT molecular complexity index is 984. The molecule has 0 aliphatic carbocycles. The maximum absolute atomic E-state index is 12.5. The maximum atomic E-state index is 12.5. The van der Waals surface area contributed by atoms with Crippen LogP contribution >= 0.6 is 0 Å². The first-order valence-corrected chi connectivity index (χ1v) is 9.42. The Morgan fingerprint density at radius 2 is 1.48 bits per heavy atom. The van der Waals surface area contributed by atoms with Crippen molar-refractivity contribution >= 4 is 10.8 Å². The van der Waals surface area contributed by atoms with Gasteiger partial charge in [0.2, 0.25) is 0 Å². The van der Waals surface area contributed by atoms with Gasteiger partial charge in [-0.25, -0.2) is 0 Å². The lowest BCUT2D eigenvalue weighted by atomic mass is 9.94. The summed E-state index contributed by atoms with van der Waals surface area (Å²) in [5.74, 6) is -0.0153. The molecule has 1 fully saturated rings. The van der Waals surface area contributed by atoms with Gasteiger partial charge in [-0.3, -0.25) is 4.90 Å². The lowest BCUT2D eigenvalue weighted by molar-refractivity contribution is -0.274. The zero-order valence-corrected chi connectivity index (χ0v) is 15.6. The van der Waals surface area contributed by atoms with Crippen molar-refractivity contribution in [3.8, 4) is 11.5 Å². The molecule has 0 amide bonds. The van der Waals surface area contributed by atoms with Crippen molar-refractivity contribution in [2.24, 2.45) is 0 Å². The van der Waals surface area contributed by atoms with E-state index in [4.69, 9.17) is 0 Å². The van der Waals surface area contributed by atoms with E-state index in [1.807, 2.05) is 18.2 Å². The molecule has 1 aliphatic rings. The molecule has 4 rings (SSSR count). The number of piperazine rings is 1. The largest absolute Gasteiger partial charge is 0.573 e. The number of rotatable bonds is 4. The summed E-state index contributed by atoms with van der Waals surface area (Å²) in [6.07, 6.45) is -4.70. The lowest BCUT2D eigenvalue weighted by Gasteiger charge is -2.35. The zero-order valence-electron chi connectivity index (χ0n) is 15.6. The Kier molecular flexibility index (Phi) is 5.34. The molecule has 2 N–H and O–H groups in total. The average Bonchev–Trinajstić information content (AvgIpc) is 2.69. The highest BCUT2D eigenvalue weighted by Crippen LogP contribution is 2.33. The van der Waals surface area contributed by atoms with Gasteiger partial charge >= 0.3 is 6.36 Å². The highest BCUT2D eigenvalue weighted by Gasteiger charge is 2.31. The van der Waals surface area contributed by atoms with E-state index >= 15 is 0 Å². The molecule has 3 aromatic carbocycles. The number of phenols is 1. The second-order valence-corrected chi connectivity index (χ2v) is 7.10. The van der Waals surface area contributed by atoms with Crippen molar-refractivity contribution in [1.29, 1.82) is 0 Å². The normalized spacial score (nSPS) is 16.7. The highest BCUT2D eigenvalue weighted by molar-refractivity contribution is 5.84. The Morgan fingerprint density at radius 3 is 2.17 bits per heavy atom. The summed E-state index contributed by atoms with van der Waals surface area (Å²) in [6.45, 7) is 3.37.